The minimum Gasteiger partial charge on any atom is -0.484 e. The minimum atomic E-state index is -0.168. The molecule has 3 aromatic rings. The van der Waals surface area contributed by atoms with E-state index in [9.17, 15) is 9.59 Å². The van der Waals surface area contributed by atoms with Crippen LogP contribution in [-0.4, -0.2) is 41.0 Å². The zero-order chi connectivity index (χ0) is 20.2. The van der Waals surface area contributed by atoms with E-state index in [0.29, 0.717) is 17.0 Å². The molecule has 0 atom stereocenters. The number of ether oxygens (including phenoxy) is 1. The summed E-state index contributed by atoms with van der Waals surface area (Å²) >= 11 is 0. The Kier molecular flexibility index (Phi) is 5.51. The number of carbonyl (C=O) groups is 2. The van der Waals surface area contributed by atoms with E-state index in [1.54, 1.807) is 18.2 Å². The number of anilines is 1. The number of aryl methyl sites for hydroxylation is 1. The van der Waals surface area contributed by atoms with Gasteiger partial charge in [0.1, 0.15) is 5.75 Å². The molecule has 0 aliphatic carbocycles. The molecule has 29 heavy (non-hydrogen) atoms. The second-order valence-electron chi connectivity index (χ2n) is 7.20. The summed E-state index contributed by atoms with van der Waals surface area (Å²) in [6.45, 7) is 4.48. The number of hydrogen-bond acceptors (Lipinski definition) is 3. The highest BCUT2D eigenvalue weighted by Gasteiger charge is 2.18. The zero-order valence-electron chi connectivity index (χ0n) is 16.6. The number of nitrogens with zero attached hydrogens (tertiary/aromatic N) is 2. The first-order valence-corrected chi connectivity index (χ1v) is 10.1. The third-order valence-corrected chi connectivity index (χ3v) is 5.29. The summed E-state index contributed by atoms with van der Waals surface area (Å²) in [6.07, 6.45) is 4.00. The number of nitrogens with one attached hydrogen (secondary N) is 1. The molecule has 0 bridgehead atoms. The van der Waals surface area contributed by atoms with Crippen molar-refractivity contribution in [2.75, 3.05) is 25.0 Å². The van der Waals surface area contributed by atoms with E-state index in [4.69, 9.17) is 4.74 Å². The standard InChI is InChI=1S/C23H25N3O3/c1-2-25-15-20(19-10-3-4-11-21(19)25)23(28)24-17-8-7-9-18(14-17)29-16-22(27)26-12-5-6-13-26/h3-4,7-11,14-15H,2,5-6,12-13,16H2,1H3,(H,24,28). The molecule has 0 saturated carbocycles. The van der Waals surface area contributed by atoms with Gasteiger partial charge in [0, 0.05) is 48.5 Å². The van der Waals surface area contributed by atoms with Gasteiger partial charge in [0.2, 0.25) is 0 Å². The predicted molar refractivity (Wildman–Crippen MR) is 113 cm³/mol. The molecule has 6 nitrogen and oxygen atoms in total. The number of likely N-dealkylation sites (tertiary alicyclic amines) is 1. The Balaban J connectivity index is 1.45. The Morgan fingerprint density at radius 2 is 1.86 bits per heavy atom. The summed E-state index contributed by atoms with van der Waals surface area (Å²) in [6, 6.07) is 15.0. The second kappa shape index (κ2) is 8.39. The van der Waals surface area contributed by atoms with Crippen LogP contribution in [0.3, 0.4) is 0 Å². The zero-order valence-corrected chi connectivity index (χ0v) is 16.6. The Hall–Kier alpha value is -3.28. The average Bonchev–Trinajstić information content (AvgIpc) is 3.40. The van der Waals surface area contributed by atoms with Crippen molar-refractivity contribution in [3.8, 4) is 5.75 Å². The lowest BCUT2D eigenvalue weighted by molar-refractivity contribution is -0.132. The van der Waals surface area contributed by atoms with Crippen molar-refractivity contribution in [3.63, 3.8) is 0 Å². The van der Waals surface area contributed by atoms with E-state index in [-0.39, 0.29) is 18.4 Å². The first kappa shape index (κ1) is 19.1. The van der Waals surface area contributed by atoms with Crippen LogP contribution in [0.5, 0.6) is 5.75 Å². The lowest BCUT2D eigenvalue weighted by Gasteiger charge is -2.15. The van der Waals surface area contributed by atoms with Gasteiger partial charge >= 0.3 is 0 Å². The molecule has 2 aromatic carbocycles. The molecule has 1 fully saturated rings. The molecule has 6 heteroatoms. The molecule has 1 aromatic heterocycles. The maximum atomic E-state index is 12.9. The summed E-state index contributed by atoms with van der Waals surface area (Å²) in [5, 5.41) is 3.87. The number of amides is 2. The molecule has 4 rings (SSSR count). The van der Waals surface area contributed by atoms with Crippen LogP contribution in [0.1, 0.15) is 30.1 Å². The highest BCUT2D eigenvalue weighted by molar-refractivity contribution is 6.13. The number of para-hydroxylation sites is 1. The van der Waals surface area contributed by atoms with Gasteiger partial charge in [-0.2, -0.15) is 0 Å². The predicted octanol–water partition coefficient (Wildman–Crippen LogP) is 3.91. The summed E-state index contributed by atoms with van der Waals surface area (Å²) in [5.41, 5.74) is 2.31. The normalized spacial score (nSPS) is 13.6. The Labute approximate surface area is 170 Å². The van der Waals surface area contributed by atoms with E-state index < -0.39 is 0 Å². The van der Waals surface area contributed by atoms with E-state index in [0.717, 1.165) is 43.4 Å². The van der Waals surface area contributed by atoms with Crippen molar-refractivity contribution < 1.29 is 14.3 Å². The van der Waals surface area contributed by atoms with Crippen LogP contribution in [0.25, 0.3) is 10.9 Å². The van der Waals surface area contributed by atoms with Crippen LogP contribution in [0.4, 0.5) is 5.69 Å². The van der Waals surface area contributed by atoms with Gasteiger partial charge in [-0.3, -0.25) is 9.59 Å². The SMILES string of the molecule is CCn1cc(C(=O)Nc2cccc(OCC(=O)N3CCCC3)c2)c2ccccc21. The Morgan fingerprint density at radius 3 is 2.66 bits per heavy atom. The number of fused-ring (bicyclic) bond motifs is 1. The van der Waals surface area contributed by atoms with Crippen LogP contribution in [0.15, 0.2) is 54.7 Å². The molecular weight excluding hydrogens is 366 g/mol. The van der Waals surface area contributed by atoms with E-state index in [2.05, 4.69) is 16.8 Å². The van der Waals surface area contributed by atoms with Crippen LogP contribution in [0.2, 0.25) is 0 Å². The number of carbonyl (C=O) groups excluding carboxylic acids is 2. The largest absolute Gasteiger partial charge is 0.484 e. The van der Waals surface area contributed by atoms with Crippen molar-refractivity contribution in [1.29, 1.82) is 0 Å². The van der Waals surface area contributed by atoms with Crippen molar-refractivity contribution in [2.45, 2.75) is 26.3 Å². The monoisotopic (exact) mass is 391 g/mol. The Bertz CT molecular complexity index is 1030. The molecule has 2 amide bonds. The lowest BCUT2D eigenvalue weighted by atomic mass is 10.1. The quantitative estimate of drug-likeness (QED) is 0.693. The molecule has 0 unspecified atom stereocenters. The topological polar surface area (TPSA) is 63.6 Å². The van der Waals surface area contributed by atoms with Gasteiger partial charge in [-0.15, -0.1) is 0 Å². The molecule has 0 spiro atoms. The van der Waals surface area contributed by atoms with Gasteiger partial charge in [0.25, 0.3) is 11.8 Å². The molecule has 2 heterocycles. The third kappa shape index (κ3) is 4.11. The fraction of sp³-hybridized carbons (Fsp3) is 0.304. The summed E-state index contributed by atoms with van der Waals surface area (Å²) in [5.74, 6) is 0.398. The molecule has 0 radical (unpaired) electrons. The fourth-order valence-electron chi connectivity index (χ4n) is 3.75. The highest BCUT2D eigenvalue weighted by Crippen LogP contribution is 2.24. The molecule has 1 aliphatic rings. The van der Waals surface area contributed by atoms with E-state index in [1.165, 1.54) is 0 Å². The van der Waals surface area contributed by atoms with Crippen molar-refractivity contribution >= 4 is 28.4 Å². The first-order valence-electron chi connectivity index (χ1n) is 10.1. The second-order valence-corrected chi connectivity index (χ2v) is 7.20. The van der Waals surface area contributed by atoms with Crippen LogP contribution < -0.4 is 10.1 Å². The van der Waals surface area contributed by atoms with Crippen LogP contribution in [-0.2, 0) is 11.3 Å². The number of rotatable bonds is 6. The van der Waals surface area contributed by atoms with Gasteiger partial charge in [-0.1, -0.05) is 24.3 Å². The first-order chi connectivity index (χ1) is 14.2. The number of aromatic nitrogens is 1. The van der Waals surface area contributed by atoms with Crippen molar-refractivity contribution in [1.82, 2.24) is 9.47 Å². The van der Waals surface area contributed by atoms with Gasteiger partial charge in [0.05, 0.1) is 5.56 Å². The van der Waals surface area contributed by atoms with Gasteiger partial charge in [0.15, 0.2) is 6.61 Å². The minimum absolute atomic E-state index is 0.00399. The molecule has 150 valence electrons. The van der Waals surface area contributed by atoms with Crippen molar-refractivity contribution in [2.24, 2.45) is 0 Å². The van der Waals surface area contributed by atoms with Crippen LogP contribution >= 0.6 is 0 Å². The summed E-state index contributed by atoms with van der Waals surface area (Å²) in [4.78, 5) is 26.9. The highest BCUT2D eigenvalue weighted by atomic mass is 16.5. The number of benzene rings is 2. The third-order valence-electron chi connectivity index (χ3n) is 5.29. The maximum absolute atomic E-state index is 12.9. The van der Waals surface area contributed by atoms with Gasteiger partial charge in [-0.25, -0.2) is 0 Å². The van der Waals surface area contributed by atoms with Crippen molar-refractivity contribution in [3.05, 3.63) is 60.3 Å². The maximum Gasteiger partial charge on any atom is 0.260 e. The average molecular weight is 391 g/mol. The summed E-state index contributed by atoms with van der Waals surface area (Å²) in [7, 11) is 0. The molecular formula is C23H25N3O3. The number of hydrogen-bond donors (Lipinski definition) is 1. The molecule has 1 saturated heterocycles. The summed E-state index contributed by atoms with van der Waals surface area (Å²) < 4.78 is 7.72. The van der Waals surface area contributed by atoms with Gasteiger partial charge < -0.3 is 19.5 Å². The van der Waals surface area contributed by atoms with Crippen LogP contribution in [0, 0.1) is 0 Å². The lowest BCUT2D eigenvalue weighted by Crippen LogP contribution is -2.32. The van der Waals surface area contributed by atoms with E-state index >= 15 is 0 Å². The smallest absolute Gasteiger partial charge is 0.260 e. The molecule has 1 aliphatic heterocycles. The van der Waals surface area contributed by atoms with Gasteiger partial charge in [-0.05, 0) is 38.0 Å². The van der Waals surface area contributed by atoms with E-state index in [1.807, 2.05) is 41.4 Å². The Morgan fingerprint density at radius 1 is 1.07 bits per heavy atom. The molecule has 1 N–H and O–H groups in total. The fourth-order valence-corrected chi connectivity index (χ4v) is 3.75.